The van der Waals surface area contributed by atoms with Gasteiger partial charge >= 0.3 is 6.09 Å². The van der Waals surface area contributed by atoms with Gasteiger partial charge in [0.05, 0.1) is 6.61 Å². The summed E-state index contributed by atoms with van der Waals surface area (Å²) in [5, 5.41) is 0. The van der Waals surface area contributed by atoms with Gasteiger partial charge in [0.2, 0.25) is 5.91 Å². The monoisotopic (exact) mass is 388 g/mol. The van der Waals surface area contributed by atoms with Crippen LogP contribution in [0.4, 0.5) is 4.79 Å². The highest BCUT2D eigenvalue weighted by Gasteiger charge is 2.36. The van der Waals surface area contributed by atoms with Gasteiger partial charge in [0.25, 0.3) is 0 Å². The number of hydrogen-bond donors (Lipinski definition) is 0. The first-order chi connectivity index (χ1) is 13.7. The van der Waals surface area contributed by atoms with E-state index in [2.05, 4.69) is 6.07 Å². The number of carbonyl (C=O) groups excluding carboxylic acids is 2. The van der Waals surface area contributed by atoms with Crippen LogP contribution in [-0.4, -0.2) is 67.8 Å². The van der Waals surface area contributed by atoms with Crippen molar-refractivity contribution >= 4 is 12.0 Å². The van der Waals surface area contributed by atoms with Crippen molar-refractivity contribution in [2.45, 2.75) is 32.1 Å². The molecule has 1 unspecified atom stereocenters. The topological polar surface area (TPSA) is 68.3 Å². The van der Waals surface area contributed by atoms with Gasteiger partial charge in [0.15, 0.2) is 11.5 Å². The van der Waals surface area contributed by atoms with Crippen LogP contribution in [0, 0.1) is 5.92 Å². The maximum Gasteiger partial charge on any atom is 0.409 e. The molecule has 2 heterocycles. The molecule has 4 rings (SSSR count). The summed E-state index contributed by atoms with van der Waals surface area (Å²) < 4.78 is 16.4. The second-order valence-electron chi connectivity index (χ2n) is 7.62. The Morgan fingerprint density at radius 2 is 1.75 bits per heavy atom. The zero-order valence-corrected chi connectivity index (χ0v) is 16.4. The molecule has 0 bridgehead atoms. The van der Waals surface area contributed by atoms with Crippen molar-refractivity contribution in [1.82, 2.24) is 9.80 Å². The highest BCUT2D eigenvalue weighted by atomic mass is 16.6. The maximum absolute atomic E-state index is 12.9. The minimum absolute atomic E-state index is 0.162. The maximum atomic E-state index is 12.9. The summed E-state index contributed by atoms with van der Waals surface area (Å²) in [6.45, 7) is 5.50. The lowest BCUT2D eigenvalue weighted by atomic mass is 9.90. The molecule has 0 radical (unpaired) electrons. The first kappa shape index (κ1) is 18.9. The second kappa shape index (κ2) is 8.29. The molecule has 7 heteroatoms. The Balaban J connectivity index is 1.38. The number of amides is 2. The van der Waals surface area contributed by atoms with Crippen molar-refractivity contribution in [1.29, 1.82) is 0 Å². The molecule has 1 atom stereocenters. The molecule has 0 spiro atoms. The molecule has 0 aromatic heterocycles. The molecule has 3 aliphatic rings. The lowest BCUT2D eigenvalue weighted by molar-refractivity contribution is -0.133. The fraction of sp³-hybridized carbons (Fsp3) is 0.619. The molecule has 2 amide bonds. The molecule has 0 N–H and O–H groups in total. The van der Waals surface area contributed by atoms with E-state index < -0.39 is 0 Å². The van der Waals surface area contributed by atoms with Crippen LogP contribution in [-0.2, 0) is 9.53 Å². The van der Waals surface area contributed by atoms with Gasteiger partial charge in [-0.25, -0.2) is 4.79 Å². The summed E-state index contributed by atoms with van der Waals surface area (Å²) in [5.41, 5.74) is 1.16. The van der Waals surface area contributed by atoms with Gasteiger partial charge in [-0.2, -0.15) is 0 Å². The number of benzene rings is 1. The number of nitrogens with zero attached hydrogens (tertiary/aromatic N) is 2. The van der Waals surface area contributed by atoms with E-state index in [1.807, 2.05) is 17.0 Å². The van der Waals surface area contributed by atoms with Crippen LogP contribution in [0.25, 0.3) is 0 Å². The SMILES string of the molecule is CCOC(=O)N1CCN(C(=O)CC(c2ccc3c(c2)OCCO3)C2CC2)CC1. The number of ether oxygens (including phenoxy) is 3. The Morgan fingerprint density at radius 1 is 1.07 bits per heavy atom. The lowest BCUT2D eigenvalue weighted by Gasteiger charge is -2.35. The van der Waals surface area contributed by atoms with E-state index in [-0.39, 0.29) is 17.9 Å². The van der Waals surface area contributed by atoms with Crippen LogP contribution in [0.1, 0.15) is 37.7 Å². The van der Waals surface area contributed by atoms with E-state index in [1.165, 1.54) is 12.8 Å². The highest BCUT2D eigenvalue weighted by Crippen LogP contribution is 2.46. The van der Waals surface area contributed by atoms with Gasteiger partial charge in [0, 0.05) is 32.6 Å². The molecule has 1 saturated carbocycles. The zero-order valence-electron chi connectivity index (χ0n) is 16.4. The number of hydrogen-bond acceptors (Lipinski definition) is 5. The van der Waals surface area contributed by atoms with Crippen LogP contribution in [0.15, 0.2) is 18.2 Å². The predicted molar refractivity (Wildman–Crippen MR) is 103 cm³/mol. The van der Waals surface area contributed by atoms with Gasteiger partial charge in [-0.15, -0.1) is 0 Å². The first-order valence-electron chi connectivity index (χ1n) is 10.2. The molecule has 28 heavy (non-hydrogen) atoms. The van der Waals surface area contributed by atoms with Crippen molar-refractivity contribution in [3.8, 4) is 11.5 Å². The fourth-order valence-corrected chi connectivity index (χ4v) is 4.02. The van der Waals surface area contributed by atoms with Gasteiger partial charge in [-0.3, -0.25) is 4.79 Å². The summed E-state index contributed by atoms with van der Waals surface area (Å²) in [6, 6.07) is 6.08. The minimum Gasteiger partial charge on any atom is -0.486 e. The Kier molecular flexibility index (Phi) is 5.59. The van der Waals surface area contributed by atoms with Crippen LogP contribution in [0.2, 0.25) is 0 Å². The van der Waals surface area contributed by atoms with E-state index in [0.717, 1.165) is 17.1 Å². The van der Waals surface area contributed by atoms with Crippen molar-refractivity contribution in [3.63, 3.8) is 0 Å². The normalized spacial score (nSPS) is 19.9. The molecule has 2 fully saturated rings. The summed E-state index contributed by atoms with van der Waals surface area (Å²) in [5.74, 6) is 2.50. The van der Waals surface area contributed by atoms with E-state index in [9.17, 15) is 9.59 Å². The minimum atomic E-state index is -0.290. The standard InChI is InChI=1S/C21H28N2O5/c1-2-26-21(25)23-9-7-22(8-10-23)20(24)14-17(15-3-4-15)16-5-6-18-19(13-16)28-12-11-27-18/h5-6,13,15,17H,2-4,7-12,14H2,1H3. The molecule has 152 valence electrons. The Bertz CT molecular complexity index is 726. The summed E-state index contributed by atoms with van der Waals surface area (Å²) in [7, 11) is 0. The fourth-order valence-electron chi connectivity index (χ4n) is 4.02. The number of piperazine rings is 1. The van der Waals surface area contributed by atoms with Gasteiger partial charge in [-0.05, 0) is 49.3 Å². The van der Waals surface area contributed by atoms with E-state index in [1.54, 1.807) is 11.8 Å². The Morgan fingerprint density at radius 3 is 2.43 bits per heavy atom. The molecule has 2 aliphatic heterocycles. The Hall–Kier alpha value is -2.44. The summed E-state index contributed by atoms with van der Waals surface area (Å²) in [6.07, 6.45) is 2.55. The van der Waals surface area contributed by atoms with E-state index in [4.69, 9.17) is 14.2 Å². The third-order valence-electron chi connectivity index (χ3n) is 5.74. The second-order valence-corrected chi connectivity index (χ2v) is 7.62. The lowest BCUT2D eigenvalue weighted by Crippen LogP contribution is -2.51. The molecular formula is C21H28N2O5. The van der Waals surface area contributed by atoms with Gasteiger partial charge in [0.1, 0.15) is 13.2 Å². The van der Waals surface area contributed by atoms with Crippen LogP contribution in [0.5, 0.6) is 11.5 Å². The summed E-state index contributed by atoms with van der Waals surface area (Å²) >= 11 is 0. The van der Waals surface area contributed by atoms with Crippen molar-refractivity contribution < 1.29 is 23.8 Å². The van der Waals surface area contributed by atoms with Crippen LogP contribution < -0.4 is 9.47 Å². The molecule has 1 aliphatic carbocycles. The third kappa shape index (κ3) is 4.18. The van der Waals surface area contributed by atoms with Crippen molar-refractivity contribution in [3.05, 3.63) is 23.8 Å². The molecule has 1 aromatic rings. The Labute approximate surface area is 165 Å². The summed E-state index contributed by atoms with van der Waals surface area (Å²) in [4.78, 5) is 28.3. The number of carbonyl (C=O) groups is 2. The average Bonchev–Trinajstić information content (AvgIpc) is 3.57. The van der Waals surface area contributed by atoms with Crippen LogP contribution >= 0.6 is 0 Å². The molecule has 7 nitrogen and oxygen atoms in total. The van der Waals surface area contributed by atoms with Gasteiger partial charge in [-0.1, -0.05) is 6.07 Å². The number of fused-ring (bicyclic) bond motifs is 1. The molecule has 1 saturated heterocycles. The quantitative estimate of drug-likeness (QED) is 0.776. The average molecular weight is 388 g/mol. The zero-order chi connectivity index (χ0) is 19.5. The largest absolute Gasteiger partial charge is 0.486 e. The van der Waals surface area contributed by atoms with Gasteiger partial charge < -0.3 is 24.0 Å². The molecular weight excluding hydrogens is 360 g/mol. The predicted octanol–water partition coefficient (Wildman–Crippen LogP) is 2.64. The van der Waals surface area contributed by atoms with E-state index in [0.29, 0.717) is 58.3 Å². The highest BCUT2D eigenvalue weighted by molar-refractivity contribution is 5.78. The van der Waals surface area contributed by atoms with Crippen molar-refractivity contribution in [2.24, 2.45) is 5.92 Å². The first-order valence-corrected chi connectivity index (χ1v) is 10.2. The number of rotatable bonds is 5. The van der Waals surface area contributed by atoms with Crippen molar-refractivity contribution in [2.75, 3.05) is 46.0 Å². The molecule has 1 aromatic carbocycles. The van der Waals surface area contributed by atoms with Crippen LogP contribution in [0.3, 0.4) is 0 Å². The van der Waals surface area contributed by atoms with E-state index >= 15 is 0 Å². The smallest absolute Gasteiger partial charge is 0.409 e. The third-order valence-corrected chi connectivity index (χ3v) is 5.74.